The molecule has 0 bridgehead atoms. The Hall–Kier alpha value is -6.10. The van der Waals surface area contributed by atoms with Crippen molar-refractivity contribution in [2.75, 3.05) is 39.6 Å². The first-order valence-corrected chi connectivity index (χ1v) is 42.7. The maximum atomic E-state index is 13.1. The molecule has 3 N–H and O–H groups in total. The van der Waals surface area contributed by atoms with E-state index in [1.165, 1.54) is 0 Å². The molecule has 0 amide bonds. The van der Waals surface area contributed by atoms with Gasteiger partial charge in [-0.05, 0) is 161 Å². The van der Waals surface area contributed by atoms with E-state index in [0.717, 1.165) is 193 Å². The molecular weight excluding hydrogens is 1380 g/mol. The highest BCUT2D eigenvalue weighted by Crippen LogP contribution is 2.45. The van der Waals surface area contributed by atoms with Crippen molar-refractivity contribution in [3.63, 3.8) is 0 Å². The van der Waals surface area contributed by atoms with Crippen LogP contribution in [0.25, 0.3) is 0 Å². The Labute approximate surface area is 640 Å². The summed E-state index contributed by atoms with van der Waals surface area (Å²) in [5.41, 5.74) is 0. The number of phosphoric acid groups is 2. The maximum absolute atomic E-state index is 13.1. The Morgan fingerprint density at radius 3 is 0.792 bits per heavy atom. The molecule has 0 spiro atoms. The monoisotopic (exact) mass is 1520 g/mol. The van der Waals surface area contributed by atoms with Crippen LogP contribution in [0, 0.1) is 0 Å². The van der Waals surface area contributed by atoms with Crippen molar-refractivity contribution in [2.24, 2.45) is 0 Å². The first-order valence-electron chi connectivity index (χ1n) is 39.7. The van der Waals surface area contributed by atoms with E-state index < -0.39 is 97.5 Å². The van der Waals surface area contributed by atoms with Gasteiger partial charge in [0.05, 0.1) is 32.8 Å². The number of hydrogen-bond donors (Lipinski definition) is 3. The number of rotatable bonds is 72. The van der Waals surface area contributed by atoms with Gasteiger partial charge in [-0.25, -0.2) is 9.13 Å². The van der Waals surface area contributed by atoms with Crippen LogP contribution in [0.3, 0.4) is 0 Å². The summed E-state index contributed by atoms with van der Waals surface area (Å²) in [6, 6.07) is 0. The average Bonchev–Trinajstić information content (AvgIpc) is 0.909. The minimum absolute atomic E-state index is 0.0672. The third-order valence-electron chi connectivity index (χ3n) is 15.6. The average molecular weight is 1520 g/mol. The topological polar surface area (TPSA) is 237 Å². The zero-order valence-electron chi connectivity index (χ0n) is 65.3. The number of unbranched alkanes of at least 4 members (excludes halogenated alkanes) is 15. The van der Waals surface area contributed by atoms with E-state index in [1.807, 2.05) is 12.2 Å². The van der Waals surface area contributed by atoms with Crippen molar-refractivity contribution in [3.8, 4) is 0 Å². The van der Waals surface area contributed by atoms with Gasteiger partial charge in [-0.1, -0.05) is 280 Å². The van der Waals surface area contributed by atoms with Gasteiger partial charge in [0.15, 0.2) is 12.2 Å². The minimum atomic E-state index is -5.02. The van der Waals surface area contributed by atoms with E-state index in [4.69, 9.17) is 37.0 Å². The van der Waals surface area contributed by atoms with Gasteiger partial charge in [-0.3, -0.25) is 37.3 Å². The number of aliphatic hydroxyl groups is 1. The van der Waals surface area contributed by atoms with E-state index >= 15 is 0 Å². The summed E-state index contributed by atoms with van der Waals surface area (Å²) < 4.78 is 68.4. The number of allylic oxidation sites excluding steroid dienone is 31. The second-order valence-corrected chi connectivity index (χ2v) is 28.4. The summed E-state index contributed by atoms with van der Waals surface area (Å²) in [6.07, 6.45) is 94.4. The number of aliphatic hydroxyl groups excluding tert-OH is 1. The molecule has 0 aliphatic carbocycles. The molecule has 0 heterocycles. The third-order valence-corrected chi connectivity index (χ3v) is 17.5. The molecule has 0 fully saturated rings. The number of esters is 4. The number of carbonyl (C=O) groups excluding carboxylic acids is 4. The van der Waals surface area contributed by atoms with Crippen molar-refractivity contribution >= 4 is 39.5 Å². The van der Waals surface area contributed by atoms with Crippen LogP contribution in [0.1, 0.15) is 272 Å². The smallest absolute Gasteiger partial charge is 0.462 e. The van der Waals surface area contributed by atoms with Gasteiger partial charge in [-0.2, -0.15) is 0 Å². The van der Waals surface area contributed by atoms with Gasteiger partial charge in [-0.15, -0.1) is 0 Å². The van der Waals surface area contributed by atoms with Crippen LogP contribution in [0.2, 0.25) is 0 Å². The Morgan fingerprint density at radius 2 is 0.500 bits per heavy atom. The molecule has 0 saturated heterocycles. The lowest BCUT2D eigenvalue weighted by atomic mass is 10.1. The Morgan fingerprint density at radius 1 is 0.274 bits per heavy atom. The number of carbonyl (C=O) groups is 4. The van der Waals surface area contributed by atoms with Crippen LogP contribution in [-0.2, 0) is 65.4 Å². The molecule has 5 unspecified atom stereocenters. The molecule has 106 heavy (non-hydrogen) atoms. The van der Waals surface area contributed by atoms with Crippen molar-refractivity contribution in [1.29, 1.82) is 0 Å². The van der Waals surface area contributed by atoms with Crippen LogP contribution in [0.5, 0.6) is 0 Å². The lowest BCUT2D eigenvalue weighted by Gasteiger charge is -2.21. The van der Waals surface area contributed by atoms with Crippen molar-refractivity contribution < 1.29 is 80.2 Å². The Bertz CT molecular complexity index is 2780. The summed E-state index contributed by atoms with van der Waals surface area (Å²) in [4.78, 5) is 73.0. The minimum Gasteiger partial charge on any atom is -0.462 e. The maximum Gasteiger partial charge on any atom is 0.472 e. The Balaban J connectivity index is 5.51. The van der Waals surface area contributed by atoms with E-state index in [9.17, 15) is 43.2 Å². The molecule has 0 aliphatic heterocycles. The lowest BCUT2D eigenvalue weighted by molar-refractivity contribution is -0.161. The molecule has 0 saturated carbocycles. The first kappa shape index (κ1) is 99.9. The van der Waals surface area contributed by atoms with Crippen molar-refractivity contribution in [1.82, 2.24) is 0 Å². The van der Waals surface area contributed by atoms with E-state index in [2.05, 4.69) is 198 Å². The second kappa shape index (κ2) is 77.1. The zero-order chi connectivity index (χ0) is 77.4. The molecule has 0 aromatic rings. The fourth-order valence-corrected chi connectivity index (χ4v) is 11.3. The van der Waals surface area contributed by atoms with Crippen LogP contribution < -0.4 is 0 Å². The van der Waals surface area contributed by atoms with Gasteiger partial charge in [0, 0.05) is 19.3 Å². The predicted molar refractivity (Wildman–Crippen MR) is 436 cm³/mol. The molecule has 0 rings (SSSR count). The largest absolute Gasteiger partial charge is 0.472 e. The molecule has 17 nitrogen and oxygen atoms in total. The van der Waals surface area contributed by atoms with E-state index in [1.54, 1.807) is 12.2 Å². The molecule has 0 aromatic carbocycles. The van der Waals surface area contributed by atoms with Gasteiger partial charge in [0.1, 0.15) is 19.3 Å². The molecule has 5 atom stereocenters. The van der Waals surface area contributed by atoms with Crippen LogP contribution in [-0.4, -0.2) is 96.7 Å². The van der Waals surface area contributed by atoms with Crippen molar-refractivity contribution in [3.05, 3.63) is 194 Å². The van der Waals surface area contributed by atoms with Crippen LogP contribution in [0.15, 0.2) is 194 Å². The fraction of sp³-hybridized carbons (Fsp3) is 0.586. The van der Waals surface area contributed by atoms with Gasteiger partial charge < -0.3 is 33.8 Å². The third kappa shape index (κ3) is 76.1. The number of phosphoric ester groups is 2. The van der Waals surface area contributed by atoms with E-state index in [0.29, 0.717) is 25.7 Å². The summed E-state index contributed by atoms with van der Waals surface area (Å²) in [5, 5.41) is 10.6. The summed E-state index contributed by atoms with van der Waals surface area (Å²) in [6.45, 7) is 4.21. The van der Waals surface area contributed by atoms with Crippen LogP contribution >= 0.6 is 15.6 Å². The van der Waals surface area contributed by atoms with Crippen LogP contribution in [0.4, 0.5) is 0 Å². The highest BCUT2D eigenvalue weighted by Gasteiger charge is 2.30. The van der Waals surface area contributed by atoms with Gasteiger partial charge >= 0.3 is 39.5 Å². The standard InChI is InChI=1S/C87H138O17P2/c1-5-9-13-17-21-25-29-33-37-40-44-47-51-55-59-63-67-71-84(89)97-77-82(103-86(91)73-69-65-61-57-53-49-43-36-32-28-24-20-16-12-8-4)79-101-105(93,94)99-75-81(88)76-100-106(95,96)102-80-83(104-87(92)74-70-66-62-58-54-50-46-42-39-35-31-27-23-19-15-11-7-3)78-98-85(90)72-68-64-60-56-52-48-45-41-38-34-30-26-22-18-14-10-6-2/h9-16,21-28,33-39,43-45,47-48,53,57,65,69,81-83,88H,5-8,17-20,29-32,40-42,46,49-52,54-56,58-64,66-68,70-80H2,1-4H3,(H,93,94)(H,95,96)/b13-9-,14-10-,15-11-,16-12-,25-21-,26-22-,27-23-,28-24-,37-33-,38-34-,39-35-,43-36-,47-44-,48-45-,57-53-,69-65-. The van der Waals surface area contributed by atoms with E-state index in [-0.39, 0.29) is 25.7 Å². The quantitative estimate of drug-likeness (QED) is 0.0169. The Kier molecular flexibility index (Phi) is 72.6. The normalized spacial score (nSPS) is 14.9. The summed E-state index contributed by atoms with van der Waals surface area (Å²) in [5.74, 6) is -2.41. The summed E-state index contributed by atoms with van der Waals surface area (Å²) >= 11 is 0. The zero-order valence-corrected chi connectivity index (χ0v) is 67.1. The van der Waals surface area contributed by atoms with Gasteiger partial charge in [0.2, 0.25) is 0 Å². The predicted octanol–water partition coefficient (Wildman–Crippen LogP) is 23.3. The molecule has 19 heteroatoms. The number of hydrogen-bond acceptors (Lipinski definition) is 15. The lowest BCUT2D eigenvalue weighted by Crippen LogP contribution is -2.30. The van der Waals surface area contributed by atoms with Gasteiger partial charge in [0.25, 0.3) is 0 Å². The number of ether oxygens (including phenoxy) is 4. The fourth-order valence-electron chi connectivity index (χ4n) is 9.70. The highest BCUT2D eigenvalue weighted by molar-refractivity contribution is 7.47. The highest BCUT2D eigenvalue weighted by atomic mass is 31.2. The molecule has 598 valence electrons. The molecule has 0 aliphatic rings. The molecule has 0 aromatic heterocycles. The molecule has 0 radical (unpaired) electrons. The second-order valence-electron chi connectivity index (χ2n) is 25.5. The van der Waals surface area contributed by atoms with Crippen molar-refractivity contribution in [2.45, 2.75) is 290 Å². The SMILES string of the molecule is CC/C=C\C/C=C\C/C=C\C/C=C\C/C=C\CC(=O)OC(COC(=O)CCCCCC/C=C\C/C=C\C/C=C\C/C=C\CC)COP(=O)(O)OCC(O)COP(=O)(O)OCC(COC(=O)CCCCCC/C=C\C/C=C\C/C=C\C/C=C\CC)OC(=O)CCCCCCCCC/C=C\C/C=C\C/C=C\CC. The summed E-state index contributed by atoms with van der Waals surface area (Å²) in [7, 11) is -10.0. The molecular formula is C87H138O17P2. The first-order chi connectivity index (χ1) is 51.7.